The maximum atomic E-state index is 6.85. The summed E-state index contributed by atoms with van der Waals surface area (Å²) in [6.07, 6.45) is 0. The summed E-state index contributed by atoms with van der Waals surface area (Å²) in [5, 5.41) is 3.46. The van der Waals surface area contributed by atoms with Gasteiger partial charge in [0.1, 0.15) is 58.2 Å². The Morgan fingerprint density at radius 2 is 1.09 bits per heavy atom. The number of para-hydroxylation sites is 2. The smallest absolute Gasteiger partial charge is 0.127 e. The van der Waals surface area contributed by atoms with Crippen LogP contribution in [0, 0.1) is 6.92 Å². The number of furan rings is 1. The highest BCUT2D eigenvalue weighted by atomic mass is 16.3. The molecule has 4 aromatic carbocycles. The largest absolute Gasteiger partial charge is 0.457 e. The van der Waals surface area contributed by atoms with E-state index in [0.29, 0.717) is 44.0 Å². The monoisotopic (exact) mass is 407 g/mol. The minimum Gasteiger partial charge on any atom is -0.457 e. The van der Waals surface area contributed by atoms with E-state index in [9.17, 15) is 0 Å². The standard InChI is InChI=1S/C25H11B6NO/c1-10-15-16-18(27)23(20(29)22(31)25(16)33-24(15)21(30)19(28)17(10)26)32-13-8-4-2-6-11(13)12-7-3-5-9-14(12)32/h2-9H,1H3. The van der Waals surface area contributed by atoms with Crippen LogP contribution in [0.15, 0.2) is 52.9 Å². The van der Waals surface area contributed by atoms with Crippen LogP contribution >= 0.6 is 0 Å². The molecule has 140 valence electrons. The zero-order valence-electron chi connectivity index (χ0n) is 17.9. The van der Waals surface area contributed by atoms with Crippen molar-refractivity contribution in [3.05, 3.63) is 54.1 Å². The molecule has 2 aromatic heterocycles. The van der Waals surface area contributed by atoms with Gasteiger partial charge < -0.3 is 8.98 Å². The predicted molar refractivity (Wildman–Crippen MR) is 145 cm³/mol. The number of hydrogen-bond donors (Lipinski definition) is 0. The van der Waals surface area contributed by atoms with E-state index in [1.807, 2.05) is 47.9 Å². The van der Waals surface area contributed by atoms with Gasteiger partial charge in [0, 0.05) is 27.2 Å². The highest BCUT2D eigenvalue weighted by molar-refractivity contribution is 6.63. The van der Waals surface area contributed by atoms with Crippen molar-refractivity contribution < 1.29 is 4.42 Å². The first kappa shape index (κ1) is 20.5. The molecule has 0 spiro atoms. The highest BCUT2D eigenvalue weighted by Gasteiger charge is 2.23. The summed E-state index contributed by atoms with van der Waals surface area (Å²) < 4.78 is 8.13. The van der Waals surface area contributed by atoms with E-state index in [1.54, 1.807) is 0 Å². The third-order valence-corrected chi connectivity index (χ3v) is 6.63. The second kappa shape index (κ2) is 6.93. The van der Waals surface area contributed by atoms with E-state index in [0.717, 1.165) is 27.4 Å². The third kappa shape index (κ3) is 2.52. The molecule has 0 atom stereocenters. The Kier molecular flexibility index (Phi) is 4.30. The van der Waals surface area contributed by atoms with Crippen molar-refractivity contribution in [1.82, 2.24) is 4.57 Å². The van der Waals surface area contributed by atoms with Crippen LogP contribution in [0.2, 0.25) is 0 Å². The van der Waals surface area contributed by atoms with Crippen LogP contribution in [-0.2, 0) is 0 Å². The lowest BCUT2D eigenvalue weighted by Gasteiger charge is -2.19. The van der Waals surface area contributed by atoms with Crippen LogP contribution in [0.4, 0.5) is 0 Å². The zero-order chi connectivity index (χ0) is 23.2. The maximum absolute atomic E-state index is 6.85. The number of fused-ring (bicyclic) bond motifs is 6. The minimum absolute atomic E-state index is 0.250. The van der Waals surface area contributed by atoms with Crippen molar-refractivity contribution in [2.45, 2.75) is 6.92 Å². The molecule has 0 amide bonds. The first-order valence-electron chi connectivity index (χ1n) is 10.5. The highest BCUT2D eigenvalue weighted by Crippen LogP contribution is 2.33. The van der Waals surface area contributed by atoms with Crippen LogP contribution in [0.1, 0.15) is 5.56 Å². The van der Waals surface area contributed by atoms with Crippen molar-refractivity contribution in [3.63, 3.8) is 0 Å². The van der Waals surface area contributed by atoms with Gasteiger partial charge in [-0.15, -0.1) is 10.9 Å². The Labute approximate surface area is 199 Å². The molecule has 0 aliphatic rings. The van der Waals surface area contributed by atoms with Gasteiger partial charge in [-0.2, -0.15) is 0 Å². The van der Waals surface area contributed by atoms with E-state index in [1.165, 1.54) is 0 Å². The number of benzene rings is 4. The molecule has 12 radical (unpaired) electrons. The second-order valence-corrected chi connectivity index (χ2v) is 8.34. The molecule has 2 nitrogen and oxygen atoms in total. The maximum Gasteiger partial charge on any atom is 0.127 e. The summed E-state index contributed by atoms with van der Waals surface area (Å²) in [5.41, 5.74) is 5.93. The Bertz CT molecular complexity index is 1740. The lowest BCUT2D eigenvalue weighted by Crippen LogP contribution is -2.40. The average Bonchev–Trinajstić information content (AvgIpc) is 3.38. The van der Waals surface area contributed by atoms with Crippen LogP contribution in [0.25, 0.3) is 49.4 Å². The van der Waals surface area contributed by atoms with Gasteiger partial charge in [-0.3, -0.25) is 0 Å². The van der Waals surface area contributed by atoms with Crippen LogP contribution < -0.4 is 32.8 Å². The van der Waals surface area contributed by atoms with E-state index >= 15 is 0 Å². The van der Waals surface area contributed by atoms with E-state index in [2.05, 4.69) is 12.1 Å². The van der Waals surface area contributed by atoms with Crippen molar-refractivity contribution >= 4 is 124 Å². The quantitative estimate of drug-likeness (QED) is 0.345. The van der Waals surface area contributed by atoms with Crippen molar-refractivity contribution in [2.24, 2.45) is 0 Å². The fraction of sp³-hybridized carbons (Fsp3) is 0.0400. The van der Waals surface area contributed by atoms with Gasteiger partial charge in [-0.25, -0.2) is 0 Å². The van der Waals surface area contributed by atoms with Gasteiger partial charge in [-0.1, -0.05) is 58.2 Å². The van der Waals surface area contributed by atoms with Gasteiger partial charge in [0.15, 0.2) is 0 Å². The molecular weight excluding hydrogens is 395 g/mol. The molecule has 0 bridgehead atoms. The number of aromatic nitrogens is 1. The predicted octanol–water partition coefficient (Wildman–Crippen LogP) is -0.246. The van der Waals surface area contributed by atoms with Crippen LogP contribution in [-0.4, -0.2) is 51.6 Å². The molecular formula is C25H11B6NO. The van der Waals surface area contributed by atoms with Crippen molar-refractivity contribution in [3.8, 4) is 5.69 Å². The molecule has 0 saturated carbocycles. The first-order valence-corrected chi connectivity index (χ1v) is 10.5. The van der Waals surface area contributed by atoms with Gasteiger partial charge in [0.2, 0.25) is 0 Å². The van der Waals surface area contributed by atoms with Gasteiger partial charge in [0.05, 0.1) is 11.0 Å². The minimum atomic E-state index is 0.250. The molecule has 0 N–H and O–H groups in total. The SMILES string of the molecule is [B]c1c(-n2c3ccccc3c3ccccc32)c([B])c2c(oc3c([B])c([B])c([B])c(C)c32)c1[B]. The summed E-state index contributed by atoms with van der Waals surface area (Å²) in [7, 11) is 38.6. The van der Waals surface area contributed by atoms with Crippen LogP contribution in [0.5, 0.6) is 0 Å². The van der Waals surface area contributed by atoms with Crippen LogP contribution in [0.3, 0.4) is 0 Å². The Balaban J connectivity index is 1.88. The summed E-state index contributed by atoms with van der Waals surface area (Å²) in [6, 6.07) is 16.2. The molecule has 0 aliphatic carbocycles. The first-order chi connectivity index (χ1) is 15.8. The number of aryl methyl sites for hydroxylation is 1. The second-order valence-electron chi connectivity index (χ2n) is 8.34. The summed E-state index contributed by atoms with van der Waals surface area (Å²) in [4.78, 5) is 0. The molecule has 6 aromatic rings. The number of rotatable bonds is 1. The van der Waals surface area contributed by atoms with E-state index in [4.69, 9.17) is 51.5 Å². The number of nitrogens with zero attached hydrogens (tertiary/aromatic N) is 1. The Morgan fingerprint density at radius 3 is 1.70 bits per heavy atom. The molecule has 0 fully saturated rings. The lowest BCUT2D eigenvalue weighted by molar-refractivity contribution is 0.674. The Hall–Kier alpha value is -3.13. The Morgan fingerprint density at radius 1 is 0.576 bits per heavy atom. The van der Waals surface area contributed by atoms with Gasteiger partial charge in [0.25, 0.3) is 0 Å². The zero-order valence-corrected chi connectivity index (χ0v) is 17.9. The summed E-state index contributed by atoms with van der Waals surface area (Å²) >= 11 is 0. The summed E-state index contributed by atoms with van der Waals surface area (Å²) in [6.45, 7) is 1.86. The molecule has 8 heteroatoms. The lowest BCUT2D eigenvalue weighted by atomic mass is 9.68. The molecule has 2 heterocycles. The topological polar surface area (TPSA) is 18.1 Å². The van der Waals surface area contributed by atoms with Gasteiger partial charge in [-0.05, 0) is 24.6 Å². The average molecular weight is 406 g/mol. The van der Waals surface area contributed by atoms with Gasteiger partial charge >= 0.3 is 0 Å². The number of hydrogen-bond acceptors (Lipinski definition) is 1. The molecule has 6 rings (SSSR count). The normalized spacial score (nSPS) is 11.9. The fourth-order valence-electron chi connectivity index (χ4n) is 4.95. The molecule has 33 heavy (non-hydrogen) atoms. The third-order valence-electron chi connectivity index (χ3n) is 6.63. The molecule has 0 saturated heterocycles. The molecule has 0 aliphatic heterocycles. The molecule has 0 unspecified atom stereocenters. The summed E-state index contributed by atoms with van der Waals surface area (Å²) in [5.74, 6) is 0. The van der Waals surface area contributed by atoms with Crippen molar-refractivity contribution in [2.75, 3.05) is 0 Å². The fourth-order valence-corrected chi connectivity index (χ4v) is 4.95. The van der Waals surface area contributed by atoms with E-state index < -0.39 is 0 Å². The van der Waals surface area contributed by atoms with Crippen molar-refractivity contribution in [1.29, 1.82) is 0 Å². The van der Waals surface area contributed by atoms with E-state index in [-0.39, 0.29) is 16.4 Å².